The molecule has 4 nitrogen and oxygen atoms in total. The molecule has 1 aliphatic heterocycles. The van der Waals surface area contributed by atoms with E-state index < -0.39 is 5.54 Å². The number of fused-ring (bicyclic) bond motifs is 1. The van der Waals surface area contributed by atoms with E-state index in [1.807, 2.05) is 24.5 Å². The van der Waals surface area contributed by atoms with Crippen LogP contribution >= 0.6 is 23.1 Å². The lowest BCUT2D eigenvalue weighted by Gasteiger charge is -2.26. The minimum Gasteiger partial charge on any atom is -0.324 e. The van der Waals surface area contributed by atoms with Gasteiger partial charge in [-0.25, -0.2) is 4.98 Å². The predicted molar refractivity (Wildman–Crippen MR) is 90.3 cm³/mol. The third-order valence-electron chi connectivity index (χ3n) is 4.08. The molecule has 1 atom stereocenters. The zero-order valence-electron chi connectivity index (χ0n) is 12.2. The monoisotopic (exact) mass is 321 g/mol. The summed E-state index contributed by atoms with van der Waals surface area (Å²) in [5.41, 5.74) is 1.45. The number of thioether (sulfide) groups is 1. The molecule has 0 spiro atoms. The molecule has 1 saturated heterocycles. The number of aromatic nitrogens is 1. The molecule has 2 heterocycles. The maximum absolute atomic E-state index is 12.6. The first-order chi connectivity index (χ1) is 10.2. The van der Waals surface area contributed by atoms with Crippen LogP contribution in [0.25, 0.3) is 10.2 Å². The van der Waals surface area contributed by atoms with E-state index in [2.05, 4.69) is 22.5 Å². The molecule has 3 rings (SSSR count). The molecule has 112 valence electrons. The van der Waals surface area contributed by atoms with E-state index in [1.54, 1.807) is 23.1 Å². The minimum absolute atomic E-state index is 0.0801. The molecule has 1 aromatic heterocycles. The summed E-state index contributed by atoms with van der Waals surface area (Å²) in [6.45, 7) is 2.99. The molecule has 0 aliphatic carbocycles. The maximum atomic E-state index is 12.6. The van der Waals surface area contributed by atoms with Crippen LogP contribution in [0.3, 0.4) is 0 Å². The SMILES string of the molecule is CCC1(C(=O)Nc2ccc3nc(SC)sc3c2)CCCN1. The van der Waals surface area contributed by atoms with Crippen LogP contribution in [-0.4, -0.2) is 29.2 Å². The van der Waals surface area contributed by atoms with Crippen molar-refractivity contribution in [1.82, 2.24) is 10.3 Å². The molecular weight excluding hydrogens is 302 g/mol. The van der Waals surface area contributed by atoms with Crippen molar-refractivity contribution in [3.8, 4) is 0 Å². The number of carbonyl (C=O) groups excluding carboxylic acids is 1. The maximum Gasteiger partial charge on any atom is 0.244 e. The van der Waals surface area contributed by atoms with Crippen molar-refractivity contribution in [2.75, 3.05) is 18.1 Å². The number of anilines is 1. The van der Waals surface area contributed by atoms with Crippen LogP contribution in [0.5, 0.6) is 0 Å². The molecule has 2 aromatic rings. The number of hydrogen-bond donors (Lipinski definition) is 2. The second-order valence-corrected chi connectivity index (χ2v) is 7.37. The Labute approximate surface area is 132 Å². The van der Waals surface area contributed by atoms with Crippen LogP contribution in [0.15, 0.2) is 22.5 Å². The summed E-state index contributed by atoms with van der Waals surface area (Å²) in [5, 5.41) is 6.43. The van der Waals surface area contributed by atoms with E-state index in [1.165, 1.54) is 0 Å². The molecule has 1 aromatic carbocycles. The van der Waals surface area contributed by atoms with Crippen LogP contribution in [0, 0.1) is 0 Å². The Morgan fingerprint density at radius 1 is 1.57 bits per heavy atom. The van der Waals surface area contributed by atoms with Crippen molar-refractivity contribution < 1.29 is 4.79 Å². The van der Waals surface area contributed by atoms with E-state index >= 15 is 0 Å². The second-order valence-electron chi connectivity index (χ2n) is 5.29. The van der Waals surface area contributed by atoms with Gasteiger partial charge in [-0.15, -0.1) is 11.3 Å². The van der Waals surface area contributed by atoms with E-state index in [-0.39, 0.29) is 5.91 Å². The van der Waals surface area contributed by atoms with Crippen molar-refractivity contribution in [1.29, 1.82) is 0 Å². The molecule has 0 saturated carbocycles. The van der Waals surface area contributed by atoms with Crippen molar-refractivity contribution >= 4 is 44.9 Å². The Morgan fingerprint density at radius 2 is 2.43 bits per heavy atom. The first-order valence-corrected chi connectivity index (χ1v) is 9.22. The van der Waals surface area contributed by atoms with E-state index in [0.29, 0.717) is 0 Å². The van der Waals surface area contributed by atoms with Gasteiger partial charge in [0.1, 0.15) is 0 Å². The fourth-order valence-electron chi connectivity index (χ4n) is 2.78. The van der Waals surface area contributed by atoms with Crippen LogP contribution in [-0.2, 0) is 4.79 Å². The zero-order valence-corrected chi connectivity index (χ0v) is 13.9. The van der Waals surface area contributed by atoms with E-state index in [0.717, 1.165) is 46.1 Å². The van der Waals surface area contributed by atoms with Gasteiger partial charge < -0.3 is 10.6 Å². The molecule has 1 amide bonds. The van der Waals surface area contributed by atoms with Gasteiger partial charge in [0.15, 0.2) is 4.34 Å². The molecule has 1 fully saturated rings. The van der Waals surface area contributed by atoms with Gasteiger partial charge in [0.25, 0.3) is 0 Å². The van der Waals surface area contributed by atoms with Crippen molar-refractivity contribution in [2.24, 2.45) is 0 Å². The van der Waals surface area contributed by atoms with Crippen molar-refractivity contribution in [2.45, 2.75) is 36.1 Å². The minimum atomic E-state index is -0.396. The molecule has 2 N–H and O–H groups in total. The number of carbonyl (C=O) groups is 1. The van der Waals surface area contributed by atoms with E-state index in [9.17, 15) is 4.79 Å². The molecule has 6 heteroatoms. The highest BCUT2D eigenvalue weighted by atomic mass is 32.2. The van der Waals surface area contributed by atoms with Crippen LogP contribution in [0.2, 0.25) is 0 Å². The normalized spacial score (nSPS) is 21.8. The summed E-state index contributed by atoms with van der Waals surface area (Å²) >= 11 is 3.31. The third-order valence-corrected chi connectivity index (χ3v) is 6.09. The topological polar surface area (TPSA) is 54.0 Å². The van der Waals surface area contributed by atoms with Gasteiger partial charge >= 0.3 is 0 Å². The summed E-state index contributed by atoms with van der Waals surface area (Å²) in [7, 11) is 0. The largest absolute Gasteiger partial charge is 0.324 e. The number of amides is 1. The van der Waals surface area contributed by atoms with Gasteiger partial charge in [0, 0.05) is 5.69 Å². The Hall–Kier alpha value is -1.11. The average Bonchev–Trinajstić information content (AvgIpc) is 3.13. The summed E-state index contributed by atoms with van der Waals surface area (Å²) in [6, 6.07) is 5.92. The Bertz CT molecular complexity index is 662. The first kappa shape index (κ1) is 14.8. The lowest BCUT2D eigenvalue weighted by molar-refractivity contribution is -0.122. The molecule has 1 unspecified atom stereocenters. The number of benzene rings is 1. The Kier molecular flexibility index (Phi) is 4.19. The zero-order chi connectivity index (χ0) is 14.9. The molecule has 0 bridgehead atoms. The average molecular weight is 321 g/mol. The molecule has 1 aliphatic rings. The van der Waals surface area contributed by atoms with Crippen LogP contribution in [0.4, 0.5) is 5.69 Å². The van der Waals surface area contributed by atoms with Gasteiger partial charge in [-0.3, -0.25) is 4.79 Å². The lowest BCUT2D eigenvalue weighted by Crippen LogP contribution is -2.50. The van der Waals surface area contributed by atoms with Gasteiger partial charge in [0.05, 0.1) is 15.8 Å². The first-order valence-electron chi connectivity index (χ1n) is 7.18. The highest BCUT2D eigenvalue weighted by Gasteiger charge is 2.39. The fraction of sp³-hybridized carbons (Fsp3) is 0.467. The second kappa shape index (κ2) is 5.94. The Morgan fingerprint density at radius 3 is 3.10 bits per heavy atom. The standard InChI is InChI=1S/C15H19N3OS2/c1-3-15(7-4-8-16-15)13(19)17-10-5-6-11-12(9-10)21-14(18-11)20-2/h5-6,9,16H,3-4,7-8H2,1-2H3,(H,17,19). The molecule has 21 heavy (non-hydrogen) atoms. The van der Waals surface area contributed by atoms with Crippen LogP contribution < -0.4 is 10.6 Å². The van der Waals surface area contributed by atoms with Crippen molar-refractivity contribution in [3.63, 3.8) is 0 Å². The fourth-order valence-corrected chi connectivity index (χ4v) is 4.31. The summed E-state index contributed by atoms with van der Waals surface area (Å²) in [5.74, 6) is 0.0801. The van der Waals surface area contributed by atoms with Gasteiger partial charge in [-0.2, -0.15) is 0 Å². The highest BCUT2D eigenvalue weighted by Crippen LogP contribution is 2.31. The third kappa shape index (κ3) is 2.80. The highest BCUT2D eigenvalue weighted by molar-refractivity contribution is 8.00. The summed E-state index contributed by atoms with van der Waals surface area (Å²) < 4.78 is 2.16. The number of nitrogens with zero attached hydrogens (tertiary/aromatic N) is 1. The number of nitrogens with one attached hydrogen (secondary N) is 2. The van der Waals surface area contributed by atoms with E-state index in [4.69, 9.17) is 0 Å². The lowest BCUT2D eigenvalue weighted by atomic mass is 9.93. The van der Waals surface area contributed by atoms with Crippen LogP contribution in [0.1, 0.15) is 26.2 Å². The molecule has 0 radical (unpaired) electrons. The molecular formula is C15H19N3OS2. The van der Waals surface area contributed by atoms with Gasteiger partial charge in [0.2, 0.25) is 5.91 Å². The summed E-state index contributed by atoms with van der Waals surface area (Å²) in [6.07, 6.45) is 4.82. The Balaban J connectivity index is 1.82. The van der Waals surface area contributed by atoms with Gasteiger partial charge in [-0.05, 0) is 50.3 Å². The number of thiazole rings is 1. The van der Waals surface area contributed by atoms with Crippen molar-refractivity contribution in [3.05, 3.63) is 18.2 Å². The number of hydrogen-bond acceptors (Lipinski definition) is 5. The summed E-state index contributed by atoms with van der Waals surface area (Å²) in [4.78, 5) is 17.1. The predicted octanol–water partition coefficient (Wildman–Crippen LogP) is 3.49. The number of rotatable bonds is 4. The van der Waals surface area contributed by atoms with Gasteiger partial charge in [-0.1, -0.05) is 18.7 Å². The smallest absolute Gasteiger partial charge is 0.244 e. The quantitative estimate of drug-likeness (QED) is 0.847.